The van der Waals surface area contributed by atoms with Crippen molar-refractivity contribution in [2.75, 3.05) is 11.9 Å². The second-order valence-corrected chi connectivity index (χ2v) is 3.96. The van der Waals surface area contributed by atoms with Crippen LogP contribution < -0.4 is 5.32 Å². The van der Waals surface area contributed by atoms with Gasteiger partial charge in [0.25, 0.3) is 0 Å². The summed E-state index contributed by atoms with van der Waals surface area (Å²) >= 11 is 0. The van der Waals surface area contributed by atoms with Crippen molar-refractivity contribution < 1.29 is 0 Å². The lowest BCUT2D eigenvalue weighted by Crippen LogP contribution is -1.95. The van der Waals surface area contributed by atoms with Gasteiger partial charge in [-0.1, -0.05) is 18.2 Å². The summed E-state index contributed by atoms with van der Waals surface area (Å²) in [6.07, 6.45) is 0. The van der Waals surface area contributed by atoms with Crippen LogP contribution in [0.25, 0.3) is 21.8 Å². The second kappa shape index (κ2) is 3.56. The minimum atomic E-state index is 0.952. The van der Waals surface area contributed by atoms with Crippen LogP contribution in [-0.2, 0) is 0 Å². The van der Waals surface area contributed by atoms with Crippen molar-refractivity contribution in [1.82, 2.24) is 4.98 Å². The number of aromatic amines is 1. The predicted octanol–water partition coefficient (Wildman–Crippen LogP) is 3.75. The number of rotatable bonds is 2. The highest BCUT2D eigenvalue weighted by Gasteiger charge is 2.03. The highest BCUT2D eigenvalue weighted by atomic mass is 14.8. The first kappa shape index (κ1) is 9.28. The van der Waals surface area contributed by atoms with Crippen LogP contribution in [0, 0.1) is 0 Å². The minimum Gasteiger partial charge on any atom is -0.385 e. The molecule has 0 atom stereocenters. The molecule has 3 aromatic rings. The lowest BCUT2D eigenvalue weighted by molar-refractivity contribution is 1.21. The first-order valence-electron chi connectivity index (χ1n) is 5.63. The van der Waals surface area contributed by atoms with E-state index in [1.165, 1.54) is 27.5 Å². The normalized spacial score (nSPS) is 11.1. The van der Waals surface area contributed by atoms with E-state index in [9.17, 15) is 0 Å². The molecule has 0 radical (unpaired) electrons. The van der Waals surface area contributed by atoms with Crippen LogP contribution in [0.3, 0.4) is 0 Å². The standard InChI is InChI=1S/C14H14N2/c1-2-15-10-7-8-14-12(9-10)11-5-3-4-6-13(11)16-14/h3-9,15-16H,2H2,1H3. The zero-order valence-corrected chi connectivity index (χ0v) is 9.25. The fourth-order valence-electron chi connectivity index (χ4n) is 2.16. The Hall–Kier alpha value is -1.96. The molecule has 0 aliphatic carbocycles. The van der Waals surface area contributed by atoms with Gasteiger partial charge < -0.3 is 10.3 Å². The van der Waals surface area contributed by atoms with Crippen molar-refractivity contribution in [1.29, 1.82) is 0 Å². The Bertz CT molecular complexity index is 637. The summed E-state index contributed by atoms with van der Waals surface area (Å²) in [5.74, 6) is 0. The van der Waals surface area contributed by atoms with Crippen molar-refractivity contribution in [3.8, 4) is 0 Å². The van der Waals surface area contributed by atoms with Crippen molar-refractivity contribution >= 4 is 27.5 Å². The zero-order valence-electron chi connectivity index (χ0n) is 9.25. The number of hydrogen-bond acceptors (Lipinski definition) is 1. The number of nitrogens with one attached hydrogen (secondary N) is 2. The van der Waals surface area contributed by atoms with Crippen LogP contribution >= 0.6 is 0 Å². The van der Waals surface area contributed by atoms with Gasteiger partial charge in [0.05, 0.1) is 0 Å². The highest BCUT2D eigenvalue weighted by Crippen LogP contribution is 2.27. The molecule has 2 heteroatoms. The largest absolute Gasteiger partial charge is 0.385 e. The maximum Gasteiger partial charge on any atom is 0.0466 e. The van der Waals surface area contributed by atoms with Gasteiger partial charge in [-0.3, -0.25) is 0 Å². The summed E-state index contributed by atoms with van der Waals surface area (Å²) in [5.41, 5.74) is 3.58. The van der Waals surface area contributed by atoms with Crippen LogP contribution in [-0.4, -0.2) is 11.5 Å². The third-order valence-corrected chi connectivity index (χ3v) is 2.89. The second-order valence-electron chi connectivity index (χ2n) is 3.96. The Morgan fingerprint density at radius 1 is 1.00 bits per heavy atom. The molecular weight excluding hydrogens is 196 g/mol. The monoisotopic (exact) mass is 210 g/mol. The Labute approximate surface area is 94.3 Å². The molecule has 80 valence electrons. The SMILES string of the molecule is CCNc1ccc2[nH]c3ccccc3c2c1. The molecule has 0 spiro atoms. The number of para-hydroxylation sites is 1. The molecule has 0 saturated heterocycles. The third-order valence-electron chi connectivity index (χ3n) is 2.89. The molecule has 2 N–H and O–H groups in total. The molecule has 3 rings (SSSR count). The molecule has 1 aromatic heterocycles. The number of aromatic nitrogens is 1. The van der Waals surface area contributed by atoms with Crippen molar-refractivity contribution in [3.63, 3.8) is 0 Å². The number of fused-ring (bicyclic) bond motifs is 3. The van der Waals surface area contributed by atoms with E-state index in [0.717, 1.165) is 6.54 Å². The van der Waals surface area contributed by atoms with Gasteiger partial charge in [-0.05, 0) is 31.2 Å². The van der Waals surface area contributed by atoms with Gasteiger partial charge in [0.2, 0.25) is 0 Å². The maximum atomic E-state index is 3.42. The quantitative estimate of drug-likeness (QED) is 0.662. The zero-order chi connectivity index (χ0) is 11.0. The van der Waals surface area contributed by atoms with E-state index in [4.69, 9.17) is 0 Å². The van der Waals surface area contributed by atoms with Crippen molar-refractivity contribution in [3.05, 3.63) is 42.5 Å². The minimum absolute atomic E-state index is 0.952. The molecule has 0 amide bonds. The summed E-state index contributed by atoms with van der Waals surface area (Å²) in [7, 11) is 0. The van der Waals surface area contributed by atoms with Gasteiger partial charge in [0.15, 0.2) is 0 Å². The number of H-pyrrole nitrogens is 1. The van der Waals surface area contributed by atoms with E-state index >= 15 is 0 Å². The smallest absolute Gasteiger partial charge is 0.0466 e. The average Bonchev–Trinajstić information content (AvgIpc) is 2.68. The van der Waals surface area contributed by atoms with Crippen LogP contribution in [0.5, 0.6) is 0 Å². The van der Waals surface area contributed by atoms with E-state index < -0.39 is 0 Å². The topological polar surface area (TPSA) is 27.8 Å². The summed E-state index contributed by atoms with van der Waals surface area (Å²) in [4.78, 5) is 3.42. The molecule has 0 aliphatic rings. The van der Waals surface area contributed by atoms with E-state index in [0.29, 0.717) is 0 Å². The van der Waals surface area contributed by atoms with Gasteiger partial charge in [-0.25, -0.2) is 0 Å². The number of hydrogen-bond donors (Lipinski definition) is 2. The molecule has 0 bridgehead atoms. The summed E-state index contributed by atoms with van der Waals surface area (Å²) in [5, 5.41) is 5.92. The molecule has 2 nitrogen and oxygen atoms in total. The predicted molar refractivity (Wildman–Crippen MR) is 70.0 cm³/mol. The fraction of sp³-hybridized carbons (Fsp3) is 0.143. The van der Waals surface area contributed by atoms with E-state index in [2.05, 4.69) is 59.7 Å². The van der Waals surface area contributed by atoms with E-state index in [1.54, 1.807) is 0 Å². The lowest BCUT2D eigenvalue weighted by atomic mass is 10.1. The molecule has 16 heavy (non-hydrogen) atoms. The summed E-state index contributed by atoms with van der Waals surface area (Å²) in [6.45, 7) is 3.06. The summed E-state index contributed by atoms with van der Waals surface area (Å²) < 4.78 is 0. The Morgan fingerprint density at radius 2 is 1.81 bits per heavy atom. The van der Waals surface area contributed by atoms with Gasteiger partial charge in [0.1, 0.15) is 0 Å². The van der Waals surface area contributed by atoms with Crippen LogP contribution in [0.4, 0.5) is 5.69 Å². The van der Waals surface area contributed by atoms with Crippen LogP contribution in [0.15, 0.2) is 42.5 Å². The molecule has 0 saturated carbocycles. The Kier molecular flexibility index (Phi) is 2.07. The first-order chi connectivity index (χ1) is 7.88. The maximum absolute atomic E-state index is 3.42. The molecular formula is C14H14N2. The summed E-state index contributed by atoms with van der Waals surface area (Å²) in [6, 6.07) is 14.9. The van der Waals surface area contributed by atoms with Gasteiger partial charge in [-0.15, -0.1) is 0 Å². The van der Waals surface area contributed by atoms with Crippen LogP contribution in [0.1, 0.15) is 6.92 Å². The van der Waals surface area contributed by atoms with Gasteiger partial charge >= 0.3 is 0 Å². The molecule has 0 unspecified atom stereocenters. The number of anilines is 1. The van der Waals surface area contributed by atoms with E-state index in [-0.39, 0.29) is 0 Å². The van der Waals surface area contributed by atoms with Gasteiger partial charge in [0, 0.05) is 34.0 Å². The molecule has 1 heterocycles. The Morgan fingerprint density at radius 3 is 2.69 bits per heavy atom. The van der Waals surface area contributed by atoms with Gasteiger partial charge in [-0.2, -0.15) is 0 Å². The highest BCUT2D eigenvalue weighted by molar-refractivity contribution is 6.08. The molecule has 0 fully saturated rings. The first-order valence-corrected chi connectivity index (χ1v) is 5.63. The number of benzene rings is 2. The van der Waals surface area contributed by atoms with Crippen molar-refractivity contribution in [2.24, 2.45) is 0 Å². The molecule has 0 aliphatic heterocycles. The Balaban J connectivity index is 2.31. The van der Waals surface area contributed by atoms with E-state index in [1.807, 2.05) is 0 Å². The molecule has 2 aromatic carbocycles. The fourth-order valence-corrected chi connectivity index (χ4v) is 2.16. The lowest BCUT2D eigenvalue weighted by Gasteiger charge is -2.02. The van der Waals surface area contributed by atoms with Crippen molar-refractivity contribution in [2.45, 2.75) is 6.92 Å². The average molecular weight is 210 g/mol. The third kappa shape index (κ3) is 1.34. The van der Waals surface area contributed by atoms with Crippen LogP contribution in [0.2, 0.25) is 0 Å².